The smallest absolute Gasteiger partial charge is 0.294 e. The fourth-order valence-electron chi connectivity index (χ4n) is 5.68. The average Bonchev–Trinajstić information content (AvgIpc) is 3.46. The summed E-state index contributed by atoms with van der Waals surface area (Å²) in [6.45, 7) is 5.69. The predicted molar refractivity (Wildman–Crippen MR) is 171 cm³/mol. The summed E-state index contributed by atoms with van der Waals surface area (Å²) in [4.78, 5) is 53.1. The maximum Gasteiger partial charge on any atom is 0.294 e. The van der Waals surface area contributed by atoms with E-state index in [1.165, 1.54) is 6.07 Å². The molecule has 4 amide bonds. The van der Waals surface area contributed by atoms with Gasteiger partial charge in [0.1, 0.15) is 17.8 Å². The van der Waals surface area contributed by atoms with E-state index < -0.39 is 57.3 Å². The van der Waals surface area contributed by atoms with Crippen molar-refractivity contribution < 1.29 is 41.8 Å². The maximum absolute atomic E-state index is 13.9. The number of benzene rings is 2. The zero-order valence-electron chi connectivity index (χ0n) is 26.4. The number of aliphatic hydroxyl groups is 1. The van der Waals surface area contributed by atoms with Crippen molar-refractivity contribution in [3.63, 3.8) is 0 Å². The Morgan fingerprint density at radius 3 is 2.40 bits per heavy atom. The van der Waals surface area contributed by atoms with Crippen molar-refractivity contribution in [3.05, 3.63) is 65.5 Å². The monoisotopic (exact) mass is 671 g/mol. The third-order valence-corrected chi connectivity index (χ3v) is 8.98. The van der Waals surface area contributed by atoms with Gasteiger partial charge in [-0.25, -0.2) is 0 Å². The Morgan fingerprint density at radius 2 is 1.74 bits per heavy atom. The largest absolute Gasteiger partial charge is 0.374 e. The number of hydrogen-bond donors (Lipinski definition) is 6. The third kappa shape index (κ3) is 9.59. The molecule has 5 atom stereocenters. The van der Waals surface area contributed by atoms with Crippen LogP contribution in [-0.4, -0.2) is 77.0 Å². The van der Waals surface area contributed by atoms with Gasteiger partial charge in [0.15, 0.2) is 5.69 Å². The first-order chi connectivity index (χ1) is 22.2. The molecule has 4 rings (SSSR count). The molecule has 6 N–H and O–H groups in total. The summed E-state index contributed by atoms with van der Waals surface area (Å²) in [5.74, 6) is -3.03. The summed E-state index contributed by atoms with van der Waals surface area (Å²) in [5.41, 5.74) is -1.70. The van der Waals surface area contributed by atoms with Crippen LogP contribution < -0.4 is 21.3 Å². The summed E-state index contributed by atoms with van der Waals surface area (Å²) in [5, 5.41) is 26.5. The number of fused-ring (bicyclic) bond motifs is 1. The zero-order chi connectivity index (χ0) is 34.3. The number of nitrogens with zero attached hydrogens (tertiary/aromatic N) is 1. The van der Waals surface area contributed by atoms with Gasteiger partial charge in [-0.2, -0.15) is 8.42 Å². The Kier molecular flexibility index (Phi) is 11.7. The molecule has 0 saturated carbocycles. The summed E-state index contributed by atoms with van der Waals surface area (Å²) in [7, 11) is -5.03. The Labute approximate surface area is 272 Å². The van der Waals surface area contributed by atoms with Gasteiger partial charge >= 0.3 is 0 Å². The lowest BCUT2D eigenvalue weighted by Gasteiger charge is -2.30. The standard InChI is InChI=1S/C32H41N5O9S/c1-18(2)14-24(29(39)36-27(32(42)47(43,44)45)17-22-11-7-13-33-28(22)38)34-30(40)25(35-31(41)26-15-19(3)46-37-26)16-21-10-6-9-20-8-4-5-12-23(20)21/h4-6,8-10,12,15,18,22,24-25,27,32,42H,7,11,13-14,16-17H2,1-3H3,(H,33,38)(H,34,40)(H,35,41)(H,36,39)(H,43,44,45)/t22-,24-,25-,27-,32?/m0/s1. The van der Waals surface area contributed by atoms with Crippen LogP contribution in [0.4, 0.5) is 0 Å². The van der Waals surface area contributed by atoms with E-state index in [4.69, 9.17) is 4.52 Å². The SMILES string of the molecule is Cc1cc(C(=O)N[C@@H](Cc2cccc3ccccc23)C(=O)N[C@@H](CC(C)C)C(=O)N[C@@H](C[C@@H]2CCCNC2=O)C(O)S(=O)(=O)O)no1. The van der Waals surface area contributed by atoms with E-state index in [-0.39, 0.29) is 36.8 Å². The highest BCUT2D eigenvalue weighted by Gasteiger charge is 2.38. The van der Waals surface area contributed by atoms with Crippen molar-refractivity contribution in [2.45, 2.75) is 76.4 Å². The summed E-state index contributed by atoms with van der Waals surface area (Å²) >= 11 is 0. The first-order valence-corrected chi connectivity index (χ1v) is 17.0. The fourth-order valence-corrected chi connectivity index (χ4v) is 6.28. The quantitative estimate of drug-likeness (QED) is 0.136. The molecule has 15 heteroatoms. The van der Waals surface area contributed by atoms with Gasteiger partial charge in [0.2, 0.25) is 23.2 Å². The molecule has 1 saturated heterocycles. The number of amides is 4. The molecule has 1 aliphatic heterocycles. The molecule has 14 nitrogen and oxygen atoms in total. The summed E-state index contributed by atoms with van der Waals surface area (Å²) < 4.78 is 38.4. The van der Waals surface area contributed by atoms with Crippen molar-refractivity contribution in [2.24, 2.45) is 11.8 Å². The molecule has 1 fully saturated rings. The number of carbonyl (C=O) groups excluding carboxylic acids is 4. The number of aryl methyl sites for hydroxylation is 1. The van der Waals surface area contributed by atoms with E-state index in [1.807, 2.05) is 56.3 Å². The van der Waals surface area contributed by atoms with Gasteiger partial charge in [-0.05, 0) is 54.9 Å². The second-order valence-corrected chi connectivity index (χ2v) is 13.8. The van der Waals surface area contributed by atoms with Gasteiger partial charge in [0, 0.05) is 24.9 Å². The second-order valence-electron chi connectivity index (χ2n) is 12.3. The molecule has 254 valence electrons. The van der Waals surface area contributed by atoms with E-state index in [1.54, 1.807) is 6.92 Å². The van der Waals surface area contributed by atoms with Gasteiger partial charge in [-0.15, -0.1) is 0 Å². The Morgan fingerprint density at radius 1 is 1.04 bits per heavy atom. The first kappa shape index (κ1) is 35.5. The lowest BCUT2D eigenvalue weighted by molar-refractivity contribution is -0.131. The summed E-state index contributed by atoms with van der Waals surface area (Å²) in [6, 6.07) is 10.6. The molecule has 1 unspecified atom stereocenters. The molecule has 3 aromatic rings. The van der Waals surface area contributed by atoms with Gasteiger partial charge in [0.05, 0.1) is 6.04 Å². The fraction of sp³-hybridized carbons (Fsp3) is 0.469. The molecule has 0 bridgehead atoms. The molecule has 0 aliphatic carbocycles. The van der Waals surface area contributed by atoms with Crippen molar-refractivity contribution in [1.82, 2.24) is 26.4 Å². The van der Waals surface area contributed by atoms with Crippen molar-refractivity contribution in [1.29, 1.82) is 0 Å². The van der Waals surface area contributed by atoms with Crippen molar-refractivity contribution in [3.8, 4) is 0 Å². The minimum atomic E-state index is -5.03. The van der Waals surface area contributed by atoms with Crippen LogP contribution in [0.1, 0.15) is 61.3 Å². The number of nitrogens with one attached hydrogen (secondary N) is 4. The normalized spacial score (nSPS) is 17.7. The number of piperidine rings is 1. The molecular formula is C32H41N5O9S. The van der Waals surface area contributed by atoms with Crippen LogP contribution in [-0.2, 0) is 30.9 Å². The molecule has 2 heterocycles. The van der Waals surface area contributed by atoms with Gasteiger partial charge in [0.25, 0.3) is 16.0 Å². The van der Waals surface area contributed by atoms with E-state index >= 15 is 0 Å². The molecule has 1 aliphatic rings. The van der Waals surface area contributed by atoms with E-state index in [9.17, 15) is 37.3 Å². The van der Waals surface area contributed by atoms with Crippen LogP contribution in [0.5, 0.6) is 0 Å². The van der Waals surface area contributed by atoms with Crippen LogP contribution >= 0.6 is 0 Å². The predicted octanol–water partition coefficient (Wildman–Crippen LogP) is 1.62. The molecule has 2 aromatic carbocycles. The third-order valence-electron chi connectivity index (χ3n) is 8.04. The number of rotatable bonds is 14. The van der Waals surface area contributed by atoms with Crippen LogP contribution in [0.2, 0.25) is 0 Å². The van der Waals surface area contributed by atoms with Crippen molar-refractivity contribution >= 4 is 44.5 Å². The Hall–Kier alpha value is -4.34. The average molecular weight is 672 g/mol. The van der Waals surface area contributed by atoms with Crippen LogP contribution in [0.25, 0.3) is 10.8 Å². The van der Waals surface area contributed by atoms with E-state index in [0.29, 0.717) is 25.1 Å². The number of aliphatic hydroxyl groups excluding tert-OH is 1. The second kappa shape index (κ2) is 15.5. The van der Waals surface area contributed by atoms with E-state index in [0.717, 1.165) is 16.3 Å². The number of carbonyl (C=O) groups is 4. The first-order valence-electron chi connectivity index (χ1n) is 15.5. The van der Waals surface area contributed by atoms with Crippen LogP contribution in [0.3, 0.4) is 0 Å². The minimum absolute atomic E-state index is 0.0384. The summed E-state index contributed by atoms with van der Waals surface area (Å²) in [6.07, 6.45) is 0.893. The lowest BCUT2D eigenvalue weighted by Crippen LogP contribution is -2.58. The van der Waals surface area contributed by atoms with Gasteiger partial charge in [-0.3, -0.25) is 23.7 Å². The molecule has 0 radical (unpaired) electrons. The highest BCUT2D eigenvalue weighted by Crippen LogP contribution is 2.22. The van der Waals surface area contributed by atoms with Crippen LogP contribution in [0.15, 0.2) is 53.1 Å². The Bertz CT molecular complexity index is 1700. The van der Waals surface area contributed by atoms with Gasteiger partial charge in [-0.1, -0.05) is 61.5 Å². The van der Waals surface area contributed by atoms with E-state index in [2.05, 4.69) is 26.4 Å². The number of hydrogen-bond acceptors (Lipinski definition) is 9. The molecule has 0 spiro atoms. The molecular weight excluding hydrogens is 630 g/mol. The van der Waals surface area contributed by atoms with Crippen LogP contribution in [0, 0.1) is 18.8 Å². The molecule has 1 aromatic heterocycles. The highest BCUT2D eigenvalue weighted by molar-refractivity contribution is 7.86. The minimum Gasteiger partial charge on any atom is -0.374 e. The Balaban J connectivity index is 1.60. The highest BCUT2D eigenvalue weighted by atomic mass is 32.2. The lowest BCUT2D eigenvalue weighted by atomic mass is 9.91. The zero-order valence-corrected chi connectivity index (χ0v) is 27.2. The van der Waals surface area contributed by atoms with Gasteiger partial charge < -0.3 is 30.9 Å². The molecule has 47 heavy (non-hydrogen) atoms. The topological polar surface area (TPSA) is 217 Å². The van der Waals surface area contributed by atoms with Crippen molar-refractivity contribution in [2.75, 3.05) is 6.54 Å². The maximum atomic E-state index is 13.9. The number of aromatic nitrogens is 1.